The van der Waals surface area contributed by atoms with Crippen LogP contribution < -0.4 is 10.9 Å². The smallest absolute Gasteiger partial charge is 0.295 e. The second kappa shape index (κ2) is 5.64. The van der Waals surface area contributed by atoms with Crippen LogP contribution in [0.4, 0.5) is 5.69 Å². The molecule has 1 N–H and O–H groups in total. The van der Waals surface area contributed by atoms with Crippen LogP contribution in [0, 0.1) is 6.92 Å². The first kappa shape index (κ1) is 14.9. The Morgan fingerprint density at radius 1 is 1.04 bits per heavy atom. The average Bonchev–Trinajstić information content (AvgIpc) is 3.06. The maximum absolute atomic E-state index is 12.7. The van der Waals surface area contributed by atoms with Gasteiger partial charge in [-0.25, -0.2) is 4.68 Å². The standard InChI is InChI=1S/C17H18N4O2/c1-12-15(18-16(22)14-10-7-11-19(14)2)17(23)21(20(12)3)13-8-5-4-6-9-13/h4-11H,1-3H3,(H,18,22). The van der Waals surface area contributed by atoms with Gasteiger partial charge in [-0.1, -0.05) is 18.2 Å². The molecule has 0 aliphatic heterocycles. The number of para-hydroxylation sites is 1. The molecule has 1 aromatic carbocycles. The molecule has 0 unspecified atom stereocenters. The lowest BCUT2D eigenvalue weighted by atomic mass is 10.3. The predicted octanol–water partition coefficient (Wildman–Crippen LogP) is 2.08. The summed E-state index contributed by atoms with van der Waals surface area (Å²) in [5.74, 6) is -0.302. The highest BCUT2D eigenvalue weighted by Crippen LogP contribution is 2.15. The maximum Gasteiger partial charge on any atom is 0.295 e. The highest BCUT2D eigenvalue weighted by Gasteiger charge is 2.19. The van der Waals surface area contributed by atoms with Gasteiger partial charge in [-0.2, -0.15) is 0 Å². The molecule has 0 bridgehead atoms. The number of nitrogens with zero attached hydrogens (tertiary/aromatic N) is 3. The van der Waals surface area contributed by atoms with Crippen LogP contribution in [-0.2, 0) is 14.1 Å². The van der Waals surface area contributed by atoms with Crippen molar-refractivity contribution in [2.75, 3.05) is 5.32 Å². The molecule has 0 aliphatic carbocycles. The van der Waals surface area contributed by atoms with Gasteiger partial charge in [0.2, 0.25) is 0 Å². The molecular weight excluding hydrogens is 292 g/mol. The molecular formula is C17H18N4O2. The molecule has 1 amide bonds. The van der Waals surface area contributed by atoms with Crippen LogP contribution in [0.25, 0.3) is 5.69 Å². The number of amides is 1. The Bertz CT molecular complexity index is 916. The predicted molar refractivity (Wildman–Crippen MR) is 89.1 cm³/mol. The van der Waals surface area contributed by atoms with Gasteiger partial charge in [-0.05, 0) is 31.2 Å². The van der Waals surface area contributed by atoms with Crippen molar-refractivity contribution >= 4 is 11.6 Å². The molecule has 0 saturated heterocycles. The normalized spacial score (nSPS) is 10.7. The fourth-order valence-electron chi connectivity index (χ4n) is 2.59. The van der Waals surface area contributed by atoms with Crippen molar-refractivity contribution in [3.05, 3.63) is 70.4 Å². The molecule has 6 heteroatoms. The van der Waals surface area contributed by atoms with Gasteiger partial charge in [0.1, 0.15) is 11.4 Å². The van der Waals surface area contributed by atoms with Crippen molar-refractivity contribution in [3.63, 3.8) is 0 Å². The van der Waals surface area contributed by atoms with E-state index in [9.17, 15) is 9.59 Å². The number of nitrogens with one attached hydrogen (secondary N) is 1. The zero-order valence-corrected chi connectivity index (χ0v) is 13.3. The van der Waals surface area contributed by atoms with E-state index >= 15 is 0 Å². The van der Waals surface area contributed by atoms with Crippen LogP contribution in [0.5, 0.6) is 0 Å². The molecule has 2 aromatic heterocycles. The zero-order valence-electron chi connectivity index (χ0n) is 13.3. The van der Waals surface area contributed by atoms with E-state index in [1.54, 1.807) is 48.6 Å². The van der Waals surface area contributed by atoms with Gasteiger partial charge in [-0.3, -0.25) is 14.3 Å². The molecule has 23 heavy (non-hydrogen) atoms. The van der Waals surface area contributed by atoms with Crippen LogP contribution in [0.2, 0.25) is 0 Å². The second-order valence-corrected chi connectivity index (χ2v) is 5.39. The fraction of sp³-hybridized carbons (Fsp3) is 0.176. The lowest BCUT2D eigenvalue weighted by Crippen LogP contribution is -2.23. The molecule has 0 aliphatic rings. The number of hydrogen-bond donors (Lipinski definition) is 1. The molecule has 0 saturated carbocycles. The first-order valence-electron chi connectivity index (χ1n) is 7.27. The van der Waals surface area contributed by atoms with Crippen molar-refractivity contribution in [3.8, 4) is 5.69 Å². The quantitative estimate of drug-likeness (QED) is 0.805. The Balaban J connectivity index is 2.03. The minimum absolute atomic E-state index is 0.251. The monoisotopic (exact) mass is 310 g/mol. The number of carbonyl (C=O) groups is 1. The van der Waals surface area contributed by atoms with Gasteiger partial charge in [0, 0.05) is 20.3 Å². The summed E-state index contributed by atoms with van der Waals surface area (Å²) in [5, 5.41) is 2.74. The van der Waals surface area contributed by atoms with Crippen LogP contribution in [0.15, 0.2) is 53.5 Å². The summed E-state index contributed by atoms with van der Waals surface area (Å²) in [6.07, 6.45) is 1.79. The summed E-state index contributed by atoms with van der Waals surface area (Å²) in [5.41, 5.74) is 1.99. The first-order valence-corrected chi connectivity index (χ1v) is 7.27. The summed E-state index contributed by atoms with van der Waals surface area (Å²) in [6.45, 7) is 1.81. The maximum atomic E-state index is 12.7. The Morgan fingerprint density at radius 3 is 2.35 bits per heavy atom. The lowest BCUT2D eigenvalue weighted by molar-refractivity contribution is 0.101. The van der Waals surface area contributed by atoms with Crippen LogP contribution >= 0.6 is 0 Å². The molecule has 3 aromatic rings. The largest absolute Gasteiger partial charge is 0.347 e. The number of benzene rings is 1. The number of aryl methyl sites for hydroxylation is 1. The summed E-state index contributed by atoms with van der Waals surface area (Å²) < 4.78 is 4.98. The number of hydrogen-bond acceptors (Lipinski definition) is 2. The highest BCUT2D eigenvalue weighted by molar-refractivity contribution is 6.03. The van der Waals surface area contributed by atoms with Gasteiger partial charge in [0.15, 0.2) is 0 Å². The molecule has 6 nitrogen and oxygen atoms in total. The minimum Gasteiger partial charge on any atom is -0.347 e. The van der Waals surface area contributed by atoms with E-state index in [-0.39, 0.29) is 11.5 Å². The van der Waals surface area contributed by atoms with Crippen molar-refractivity contribution in [2.24, 2.45) is 14.1 Å². The third kappa shape index (κ3) is 2.48. The van der Waals surface area contributed by atoms with Gasteiger partial charge in [0.25, 0.3) is 11.5 Å². The Kier molecular flexibility index (Phi) is 3.65. The van der Waals surface area contributed by atoms with Crippen LogP contribution in [0.3, 0.4) is 0 Å². The van der Waals surface area contributed by atoms with E-state index in [0.29, 0.717) is 17.1 Å². The molecule has 0 spiro atoms. The van der Waals surface area contributed by atoms with Crippen molar-refractivity contribution < 1.29 is 4.79 Å². The van der Waals surface area contributed by atoms with E-state index in [0.717, 1.165) is 5.69 Å². The number of aromatic nitrogens is 3. The fourth-order valence-corrected chi connectivity index (χ4v) is 2.59. The topological polar surface area (TPSA) is 61.0 Å². The number of rotatable bonds is 3. The van der Waals surface area contributed by atoms with Crippen molar-refractivity contribution in [1.82, 2.24) is 13.9 Å². The first-order chi connectivity index (χ1) is 11.0. The SMILES string of the molecule is Cc1c(NC(=O)c2cccn2C)c(=O)n(-c2ccccc2)n1C. The number of anilines is 1. The summed E-state index contributed by atoms with van der Waals surface area (Å²) in [6, 6.07) is 12.8. The summed E-state index contributed by atoms with van der Waals surface area (Å²) in [7, 11) is 3.58. The lowest BCUT2D eigenvalue weighted by Gasteiger charge is -2.07. The third-order valence-corrected chi connectivity index (χ3v) is 3.97. The molecule has 0 radical (unpaired) electrons. The molecule has 0 atom stereocenters. The second-order valence-electron chi connectivity index (χ2n) is 5.39. The van der Waals surface area contributed by atoms with Crippen LogP contribution in [0.1, 0.15) is 16.2 Å². The molecule has 118 valence electrons. The molecule has 0 fully saturated rings. The van der Waals surface area contributed by atoms with E-state index in [1.165, 1.54) is 4.68 Å². The minimum atomic E-state index is -0.302. The van der Waals surface area contributed by atoms with Gasteiger partial charge >= 0.3 is 0 Å². The summed E-state index contributed by atoms with van der Waals surface area (Å²) >= 11 is 0. The van der Waals surface area contributed by atoms with E-state index in [2.05, 4.69) is 5.32 Å². The van der Waals surface area contributed by atoms with E-state index in [1.807, 2.05) is 30.3 Å². The molecule has 2 heterocycles. The third-order valence-electron chi connectivity index (χ3n) is 3.97. The number of carbonyl (C=O) groups excluding carboxylic acids is 1. The van der Waals surface area contributed by atoms with Gasteiger partial charge < -0.3 is 9.88 Å². The molecule has 3 rings (SSSR count). The van der Waals surface area contributed by atoms with Crippen molar-refractivity contribution in [2.45, 2.75) is 6.92 Å². The summed E-state index contributed by atoms with van der Waals surface area (Å²) in [4.78, 5) is 25.1. The van der Waals surface area contributed by atoms with Crippen molar-refractivity contribution in [1.29, 1.82) is 0 Å². The van der Waals surface area contributed by atoms with Gasteiger partial charge in [0.05, 0.1) is 11.4 Å². The van der Waals surface area contributed by atoms with Gasteiger partial charge in [-0.15, -0.1) is 0 Å². The average molecular weight is 310 g/mol. The van der Waals surface area contributed by atoms with E-state index < -0.39 is 0 Å². The van der Waals surface area contributed by atoms with Crippen LogP contribution in [-0.4, -0.2) is 19.8 Å². The Labute approximate surface area is 133 Å². The Morgan fingerprint density at radius 2 is 1.74 bits per heavy atom. The zero-order chi connectivity index (χ0) is 16.6. The Hall–Kier alpha value is -3.02. The van der Waals surface area contributed by atoms with E-state index in [4.69, 9.17) is 0 Å². The highest BCUT2D eigenvalue weighted by atomic mass is 16.2.